The Morgan fingerprint density at radius 1 is 1.26 bits per heavy atom. The molecule has 124 valence electrons. The predicted octanol–water partition coefficient (Wildman–Crippen LogP) is 2.53. The van der Waals surface area contributed by atoms with Crippen LogP contribution in [0.1, 0.15) is 24.8 Å². The number of nitrogens with zero attached hydrogens (tertiary/aromatic N) is 2. The van der Waals surface area contributed by atoms with Crippen molar-refractivity contribution in [2.45, 2.75) is 31.7 Å². The van der Waals surface area contributed by atoms with E-state index in [2.05, 4.69) is 4.90 Å². The van der Waals surface area contributed by atoms with Crippen LogP contribution >= 0.6 is 11.6 Å². The molecule has 5 heteroatoms. The minimum atomic E-state index is 0.138. The molecule has 0 saturated carbocycles. The lowest BCUT2D eigenvalue weighted by Crippen LogP contribution is -2.41. The minimum Gasteiger partial charge on any atom is -0.508 e. The Morgan fingerprint density at radius 2 is 2.13 bits per heavy atom. The van der Waals surface area contributed by atoms with Gasteiger partial charge in [0.25, 0.3) is 0 Å². The summed E-state index contributed by atoms with van der Waals surface area (Å²) in [5, 5.41) is 9.89. The topological polar surface area (TPSA) is 43.8 Å². The number of benzene rings is 1. The summed E-state index contributed by atoms with van der Waals surface area (Å²) >= 11 is 6.13. The van der Waals surface area contributed by atoms with Crippen LogP contribution in [-0.2, 0) is 11.2 Å². The van der Waals surface area contributed by atoms with E-state index >= 15 is 0 Å². The Labute approximate surface area is 142 Å². The summed E-state index contributed by atoms with van der Waals surface area (Å²) in [5.74, 6) is 1.61. The van der Waals surface area contributed by atoms with Crippen LogP contribution in [-0.4, -0.2) is 53.0 Å². The molecule has 0 radical (unpaired) electrons. The van der Waals surface area contributed by atoms with Gasteiger partial charge in [-0.2, -0.15) is 0 Å². The molecule has 3 aliphatic rings. The maximum Gasteiger partial charge on any atom is 0.227 e. The maximum atomic E-state index is 12.6. The van der Waals surface area contributed by atoms with Crippen LogP contribution in [0.3, 0.4) is 0 Å². The highest BCUT2D eigenvalue weighted by atomic mass is 35.5. The molecule has 1 amide bonds. The molecule has 3 aliphatic heterocycles. The lowest BCUT2D eigenvalue weighted by atomic mass is 9.90. The highest BCUT2D eigenvalue weighted by Gasteiger charge is 2.48. The van der Waals surface area contributed by atoms with Crippen LogP contribution in [0.5, 0.6) is 5.75 Å². The molecular formula is C18H23ClN2O2. The molecule has 3 heterocycles. The average molecular weight is 335 g/mol. The van der Waals surface area contributed by atoms with E-state index < -0.39 is 0 Å². The number of likely N-dealkylation sites (tertiary alicyclic amines) is 1. The van der Waals surface area contributed by atoms with Gasteiger partial charge in [-0.3, -0.25) is 9.69 Å². The Balaban J connectivity index is 1.41. The second-order valence-corrected chi connectivity index (χ2v) is 7.64. The highest BCUT2D eigenvalue weighted by molar-refractivity contribution is 6.31. The van der Waals surface area contributed by atoms with Crippen molar-refractivity contribution in [1.29, 1.82) is 0 Å². The van der Waals surface area contributed by atoms with Gasteiger partial charge in [0.05, 0.1) is 6.42 Å². The van der Waals surface area contributed by atoms with Crippen molar-refractivity contribution in [2.24, 2.45) is 11.8 Å². The fourth-order valence-corrected chi connectivity index (χ4v) is 4.95. The summed E-state index contributed by atoms with van der Waals surface area (Å²) in [6.07, 6.45) is 4.29. The SMILES string of the molecule is O=C(Cc1ccc(O)cc1Cl)N1C[C@@H]2CN3CCCC[C@@H]3[C@H]2C1. The lowest BCUT2D eigenvalue weighted by Gasteiger charge is -2.33. The van der Waals surface area contributed by atoms with Crippen LogP contribution in [0.15, 0.2) is 18.2 Å². The predicted molar refractivity (Wildman–Crippen MR) is 89.6 cm³/mol. The number of piperidine rings is 1. The summed E-state index contributed by atoms with van der Waals surface area (Å²) in [5.41, 5.74) is 0.797. The van der Waals surface area contributed by atoms with Gasteiger partial charge in [-0.15, -0.1) is 0 Å². The first kappa shape index (κ1) is 15.3. The number of phenols is 1. The molecule has 0 aromatic heterocycles. The number of hydrogen-bond donors (Lipinski definition) is 1. The van der Waals surface area contributed by atoms with E-state index in [0.29, 0.717) is 29.3 Å². The summed E-state index contributed by atoms with van der Waals surface area (Å²) < 4.78 is 0. The van der Waals surface area contributed by atoms with Crippen molar-refractivity contribution >= 4 is 17.5 Å². The van der Waals surface area contributed by atoms with Gasteiger partial charge >= 0.3 is 0 Å². The molecule has 0 spiro atoms. The number of fused-ring (bicyclic) bond motifs is 3. The molecule has 1 aromatic carbocycles. The van der Waals surface area contributed by atoms with E-state index in [-0.39, 0.29) is 11.7 Å². The number of carbonyl (C=O) groups is 1. The zero-order valence-corrected chi connectivity index (χ0v) is 14.0. The van der Waals surface area contributed by atoms with Gasteiger partial charge in [0.1, 0.15) is 5.75 Å². The molecule has 1 N–H and O–H groups in total. The minimum absolute atomic E-state index is 0.138. The summed E-state index contributed by atoms with van der Waals surface area (Å²) in [6, 6.07) is 5.54. The number of rotatable bonds is 2. The number of phenolic OH excluding ortho intramolecular Hbond substituents is 1. The number of carbonyl (C=O) groups excluding carboxylic acids is 1. The zero-order chi connectivity index (χ0) is 16.0. The number of amides is 1. The van der Waals surface area contributed by atoms with E-state index in [9.17, 15) is 9.90 Å². The van der Waals surface area contributed by atoms with Crippen molar-refractivity contribution in [3.63, 3.8) is 0 Å². The molecule has 23 heavy (non-hydrogen) atoms. The Hall–Kier alpha value is -1.26. The smallest absolute Gasteiger partial charge is 0.227 e. The maximum absolute atomic E-state index is 12.6. The van der Waals surface area contributed by atoms with E-state index in [4.69, 9.17) is 11.6 Å². The Morgan fingerprint density at radius 3 is 2.96 bits per heavy atom. The first-order valence-corrected chi connectivity index (χ1v) is 8.99. The van der Waals surface area contributed by atoms with Gasteiger partial charge in [0.2, 0.25) is 5.91 Å². The zero-order valence-electron chi connectivity index (χ0n) is 13.2. The van der Waals surface area contributed by atoms with Crippen molar-refractivity contribution in [2.75, 3.05) is 26.2 Å². The number of hydrogen-bond acceptors (Lipinski definition) is 3. The normalized spacial score (nSPS) is 30.3. The molecule has 1 aromatic rings. The summed E-state index contributed by atoms with van der Waals surface area (Å²) in [6.45, 7) is 4.21. The quantitative estimate of drug-likeness (QED) is 0.904. The standard InChI is InChI=1S/C18H23ClN2O2/c19-16-8-14(22)5-4-12(16)7-18(23)21-10-13-9-20-6-2-1-3-17(20)15(13)11-21/h4-5,8,13,15,17,22H,1-3,6-7,9-11H2/t13-,15-,17+/m0/s1. The van der Waals surface area contributed by atoms with Crippen LogP contribution in [0.4, 0.5) is 0 Å². The molecule has 0 bridgehead atoms. The van der Waals surface area contributed by atoms with Crippen molar-refractivity contribution in [1.82, 2.24) is 9.80 Å². The third-order valence-corrected chi connectivity index (χ3v) is 6.20. The van der Waals surface area contributed by atoms with E-state index in [1.807, 2.05) is 4.90 Å². The molecule has 0 aliphatic carbocycles. The molecular weight excluding hydrogens is 312 g/mol. The summed E-state index contributed by atoms with van der Waals surface area (Å²) in [7, 11) is 0. The van der Waals surface area contributed by atoms with Gasteiger partial charge < -0.3 is 10.0 Å². The second kappa shape index (κ2) is 5.99. The second-order valence-electron chi connectivity index (χ2n) is 7.23. The van der Waals surface area contributed by atoms with E-state index in [1.54, 1.807) is 12.1 Å². The summed E-state index contributed by atoms with van der Waals surface area (Å²) in [4.78, 5) is 17.3. The Kier molecular flexibility index (Phi) is 3.98. The fourth-order valence-electron chi connectivity index (χ4n) is 4.71. The third kappa shape index (κ3) is 2.83. The first-order valence-electron chi connectivity index (χ1n) is 8.61. The molecule has 0 unspecified atom stereocenters. The molecule has 4 nitrogen and oxygen atoms in total. The van der Waals surface area contributed by atoms with Gasteiger partial charge in [0.15, 0.2) is 0 Å². The third-order valence-electron chi connectivity index (χ3n) is 5.85. The number of halogens is 1. The van der Waals surface area contributed by atoms with E-state index in [1.165, 1.54) is 38.4 Å². The molecule has 3 atom stereocenters. The van der Waals surface area contributed by atoms with Gasteiger partial charge in [-0.05, 0) is 48.9 Å². The van der Waals surface area contributed by atoms with Crippen molar-refractivity contribution in [3.05, 3.63) is 28.8 Å². The molecule has 4 rings (SSSR count). The molecule has 3 fully saturated rings. The van der Waals surface area contributed by atoms with Crippen LogP contribution in [0, 0.1) is 11.8 Å². The van der Waals surface area contributed by atoms with Crippen molar-refractivity contribution in [3.8, 4) is 5.75 Å². The largest absolute Gasteiger partial charge is 0.508 e. The van der Waals surface area contributed by atoms with Crippen molar-refractivity contribution < 1.29 is 9.90 Å². The van der Waals surface area contributed by atoms with Gasteiger partial charge in [-0.25, -0.2) is 0 Å². The first-order chi connectivity index (χ1) is 11.1. The van der Waals surface area contributed by atoms with Gasteiger partial charge in [0, 0.05) is 30.7 Å². The molecule has 3 saturated heterocycles. The van der Waals surface area contributed by atoms with Gasteiger partial charge in [-0.1, -0.05) is 24.1 Å². The number of aromatic hydroxyl groups is 1. The monoisotopic (exact) mass is 334 g/mol. The van der Waals surface area contributed by atoms with Crippen LogP contribution in [0.25, 0.3) is 0 Å². The van der Waals surface area contributed by atoms with Crippen LogP contribution < -0.4 is 0 Å². The average Bonchev–Trinajstić information content (AvgIpc) is 3.07. The highest BCUT2D eigenvalue weighted by Crippen LogP contribution is 2.40. The Bertz CT molecular complexity index is 621. The lowest BCUT2D eigenvalue weighted by molar-refractivity contribution is -0.129. The fraction of sp³-hybridized carbons (Fsp3) is 0.611. The van der Waals surface area contributed by atoms with E-state index in [0.717, 1.165) is 18.7 Å². The van der Waals surface area contributed by atoms with Crippen LogP contribution in [0.2, 0.25) is 5.02 Å².